The van der Waals surface area contributed by atoms with Gasteiger partial charge in [0, 0.05) is 5.41 Å². The molecule has 0 aliphatic heterocycles. The van der Waals surface area contributed by atoms with Crippen LogP contribution in [0.2, 0.25) is 0 Å². The van der Waals surface area contributed by atoms with E-state index in [4.69, 9.17) is 4.74 Å². The summed E-state index contributed by atoms with van der Waals surface area (Å²) in [5, 5.41) is 0. The van der Waals surface area contributed by atoms with E-state index in [1.807, 2.05) is 0 Å². The van der Waals surface area contributed by atoms with Crippen molar-refractivity contribution in [2.24, 2.45) is 16.7 Å². The molecule has 0 radical (unpaired) electrons. The molecule has 2 saturated carbocycles. The van der Waals surface area contributed by atoms with E-state index in [2.05, 4.69) is 20.8 Å². The molecule has 2 nitrogen and oxygen atoms in total. The van der Waals surface area contributed by atoms with Gasteiger partial charge in [0.1, 0.15) is 11.9 Å². The Bertz CT molecular complexity index is 593. The zero-order valence-electron chi connectivity index (χ0n) is 13.2. The minimum Gasteiger partial charge on any atom is -0.458 e. The van der Waals surface area contributed by atoms with Crippen molar-refractivity contribution in [2.75, 3.05) is 0 Å². The van der Waals surface area contributed by atoms with Gasteiger partial charge in [0.05, 0.1) is 5.56 Å². The van der Waals surface area contributed by atoms with Crippen LogP contribution in [0.1, 0.15) is 56.0 Å². The van der Waals surface area contributed by atoms with Gasteiger partial charge in [-0.25, -0.2) is 9.18 Å². The third-order valence-electron chi connectivity index (χ3n) is 6.31. The first-order chi connectivity index (χ1) is 9.75. The van der Waals surface area contributed by atoms with E-state index in [9.17, 15) is 9.18 Å². The number of hydrogen-bond acceptors (Lipinski definition) is 2. The molecule has 3 atom stereocenters. The average Bonchev–Trinajstić information content (AvgIpc) is 2.71. The van der Waals surface area contributed by atoms with Crippen molar-refractivity contribution in [1.29, 1.82) is 0 Å². The second-order valence-electron chi connectivity index (χ2n) is 7.49. The number of hydrogen-bond donors (Lipinski definition) is 0. The van der Waals surface area contributed by atoms with Crippen molar-refractivity contribution in [3.8, 4) is 0 Å². The average molecular weight is 290 g/mol. The summed E-state index contributed by atoms with van der Waals surface area (Å²) in [6.45, 7) is 8.55. The largest absolute Gasteiger partial charge is 0.458 e. The van der Waals surface area contributed by atoms with Gasteiger partial charge in [-0.2, -0.15) is 0 Å². The van der Waals surface area contributed by atoms with Gasteiger partial charge in [-0.3, -0.25) is 0 Å². The van der Waals surface area contributed by atoms with E-state index < -0.39 is 11.8 Å². The maximum Gasteiger partial charge on any atom is 0.341 e. The first-order valence-electron chi connectivity index (χ1n) is 7.73. The van der Waals surface area contributed by atoms with Crippen LogP contribution in [-0.2, 0) is 4.74 Å². The van der Waals surface area contributed by atoms with Crippen LogP contribution in [0.3, 0.4) is 0 Å². The molecule has 2 aliphatic carbocycles. The van der Waals surface area contributed by atoms with Gasteiger partial charge in [-0.15, -0.1) is 0 Å². The summed E-state index contributed by atoms with van der Waals surface area (Å²) in [4.78, 5) is 12.3. The normalized spacial score (nSPS) is 33.2. The van der Waals surface area contributed by atoms with Crippen LogP contribution >= 0.6 is 0 Å². The van der Waals surface area contributed by atoms with E-state index in [1.54, 1.807) is 13.0 Å². The monoisotopic (exact) mass is 290 g/mol. The van der Waals surface area contributed by atoms with E-state index in [0.29, 0.717) is 5.92 Å². The molecule has 114 valence electrons. The van der Waals surface area contributed by atoms with Gasteiger partial charge in [0.2, 0.25) is 0 Å². The Kier molecular flexibility index (Phi) is 3.16. The molecule has 0 amide bonds. The lowest BCUT2D eigenvalue weighted by molar-refractivity contribution is -0.0245. The van der Waals surface area contributed by atoms with Gasteiger partial charge in [0.15, 0.2) is 0 Å². The number of carbonyl (C=O) groups is 1. The highest BCUT2D eigenvalue weighted by molar-refractivity contribution is 5.90. The zero-order valence-corrected chi connectivity index (χ0v) is 13.2. The topological polar surface area (TPSA) is 26.3 Å². The van der Waals surface area contributed by atoms with Crippen molar-refractivity contribution >= 4 is 5.97 Å². The van der Waals surface area contributed by atoms with Crippen molar-refractivity contribution < 1.29 is 13.9 Å². The Morgan fingerprint density at radius 2 is 2.05 bits per heavy atom. The summed E-state index contributed by atoms with van der Waals surface area (Å²) in [6.07, 6.45) is 3.09. The minimum atomic E-state index is -0.526. The predicted molar refractivity (Wildman–Crippen MR) is 79.6 cm³/mol. The first kappa shape index (κ1) is 14.6. The molecule has 0 heterocycles. The second kappa shape index (κ2) is 4.56. The van der Waals surface area contributed by atoms with Crippen molar-refractivity contribution in [1.82, 2.24) is 0 Å². The third kappa shape index (κ3) is 2.01. The van der Waals surface area contributed by atoms with Gasteiger partial charge >= 0.3 is 5.97 Å². The molecule has 2 fully saturated rings. The van der Waals surface area contributed by atoms with Gasteiger partial charge in [-0.05, 0) is 55.2 Å². The van der Waals surface area contributed by atoms with Crippen LogP contribution < -0.4 is 0 Å². The van der Waals surface area contributed by atoms with Crippen molar-refractivity contribution in [3.05, 3.63) is 35.1 Å². The molecule has 2 bridgehead atoms. The summed E-state index contributed by atoms with van der Waals surface area (Å²) >= 11 is 0. The molecule has 3 rings (SSSR count). The minimum absolute atomic E-state index is 0.00843. The Hall–Kier alpha value is -1.38. The fourth-order valence-corrected chi connectivity index (χ4v) is 4.29. The number of carbonyl (C=O) groups excluding carboxylic acids is 1. The predicted octanol–water partition coefficient (Wildman–Crippen LogP) is 4.51. The Labute approximate surface area is 125 Å². The van der Waals surface area contributed by atoms with Crippen molar-refractivity contribution in [3.63, 3.8) is 0 Å². The standard InChI is InChI=1S/C18H23FO2/c1-11-5-6-13(14(19)9-11)16(20)21-15-10-12-7-8-18(15,4)17(12,2)3/h5-6,9,12,15H,7-8,10H2,1-4H3. The number of rotatable bonds is 2. The molecular weight excluding hydrogens is 267 g/mol. The lowest BCUT2D eigenvalue weighted by atomic mass is 9.70. The molecule has 0 aromatic heterocycles. The van der Waals surface area contributed by atoms with Crippen LogP contribution in [-0.4, -0.2) is 12.1 Å². The van der Waals surface area contributed by atoms with E-state index >= 15 is 0 Å². The molecule has 3 heteroatoms. The molecular formula is C18H23FO2. The Morgan fingerprint density at radius 3 is 2.57 bits per heavy atom. The lowest BCUT2D eigenvalue weighted by Crippen LogP contribution is -2.38. The molecule has 21 heavy (non-hydrogen) atoms. The van der Waals surface area contributed by atoms with E-state index in [-0.39, 0.29) is 22.5 Å². The molecule has 0 N–H and O–H groups in total. The molecule has 3 unspecified atom stereocenters. The van der Waals surface area contributed by atoms with Crippen LogP contribution in [0, 0.1) is 29.5 Å². The highest BCUT2D eigenvalue weighted by Gasteiger charge is 2.62. The Balaban J connectivity index is 1.80. The Morgan fingerprint density at radius 1 is 1.33 bits per heavy atom. The SMILES string of the molecule is Cc1ccc(C(=O)OC2CC3CCC2(C)C3(C)C)c(F)c1. The highest BCUT2D eigenvalue weighted by atomic mass is 19.1. The maximum absolute atomic E-state index is 13.9. The summed E-state index contributed by atoms with van der Waals surface area (Å²) in [5.74, 6) is -0.419. The quantitative estimate of drug-likeness (QED) is 0.749. The fourth-order valence-electron chi connectivity index (χ4n) is 4.29. The summed E-state index contributed by atoms with van der Waals surface area (Å²) in [5.41, 5.74) is 1.04. The van der Waals surface area contributed by atoms with Gasteiger partial charge in [-0.1, -0.05) is 26.8 Å². The highest BCUT2D eigenvalue weighted by Crippen LogP contribution is 2.66. The van der Waals surface area contributed by atoms with Crippen molar-refractivity contribution in [2.45, 2.75) is 53.1 Å². The summed E-state index contributed by atoms with van der Waals surface area (Å²) in [6, 6.07) is 4.64. The summed E-state index contributed by atoms with van der Waals surface area (Å²) in [7, 11) is 0. The number of benzene rings is 1. The van der Waals surface area contributed by atoms with Gasteiger partial charge in [0.25, 0.3) is 0 Å². The molecule has 2 aliphatic rings. The number of esters is 1. The third-order valence-corrected chi connectivity index (χ3v) is 6.31. The van der Waals surface area contributed by atoms with E-state index in [0.717, 1.165) is 18.4 Å². The van der Waals surface area contributed by atoms with E-state index in [1.165, 1.54) is 18.6 Å². The molecule has 0 saturated heterocycles. The fraction of sp³-hybridized carbons (Fsp3) is 0.611. The zero-order chi connectivity index (χ0) is 15.4. The number of aryl methyl sites for hydroxylation is 1. The number of halogens is 1. The molecule has 0 spiro atoms. The van der Waals surface area contributed by atoms with Crippen LogP contribution in [0.4, 0.5) is 4.39 Å². The van der Waals surface area contributed by atoms with Gasteiger partial charge < -0.3 is 4.74 Å². The van der Waals surface area contributed by atoms with Crippen LogP contribution in [0.25, 0.3) is 0 Å². The maximum atomic E-state index is 13.9. The molecule has 1 aromatic rings. The smallest absolute Gasteiger partial charge is 0.341 e. The number of ether oxygens (including phenoxy) is 1. The van der Waals surface area contributed by atoms with Crippen LogP contribution in [0.5, 0.6) is 0 Å². The molecule has 1 aromatic carbocycles. The first-order valence-corrected chi connectivity index (χ1v) is 7.73. The lowest BCUT2D eigenvalue weighted by Gasteiger charge is -2.38. The number of fused-ring (bicyclic) bond motifs is 2. The second-order valence-corrected chi connectivity index (χ2v) is 7.49. The van der Waals surface area contributed by atoms with Crippen LogP contribution in [0.15, 0.2) is 18.2 Å². The summed E-state index contributed by atoms with van der Waals surface area (Å²) < 4.78 is 19.6.